The van der Waals surface area contributed by atoms with Crippen molar-refractivity contribution in [2.24, 2.45) is 0 Å². The minimum atomic E-state index is -4.49. The molecule has 6 nitrogen and oxygen atoms in total. The number of nitrogens with one attached hydrogen (secondary N) is 1. The van der Waals surface area contributed by atoms with Crippen molar-refractivity contribution in [3.8, 4) is 6.07 Å². The van der Waals surface area contributed by atoms with Crippen molar-refractivity contribution < 1.29 is 16.8 Å². The second-order valence-electron chi connectivity index (χ2n) is 6.18. The summed E-state index contributed by atoms with van der Waals surface area (Å²) >= 11 is 11.7. The van der Waals surface area contributed by atoms with E-state index < -0.39 is 23.9 Å². The molecule has 0 fully saturated rings. The number of halogens is 2. The molecular formula is C21H14Cl2N2O4S2. The number of anilines is 1. The van der Waals surface area contributed by atoms with E-state index in [1.807, 2.05) is 6.07 Å². The average molecular weight is 493 g/mol. The Morgan fingerprint density at radius 2 is 1.23 bits per heavy atom. The molecule has 0 heterocycles. The Kier molecular flexibility index (Phi) is 6.72. The summed E-state index contributed by atoms with van der Waals surface area (Å²) in [6.07, 6.45) is 0.865. The standard InChI is InChI=1S/C21H14Cl2N2O4S2/c22-16-5-9-18(10-6-16)30(26,27)21(14-25-20-4-2-1-3-15(20)13-24)31(28,29)19-11-7-17(23)8-12-19/h1-12,14,25H. The number of benzene rings is 3. The fourth-order valence-corrected chi connectivity index (χ4v) is 6.47. The van der Waals surface area contributed by atoms with Crippen LogP contribution in [0.25, 0.3) is 0 Å². The maximum absolute atomic E-state index is 13.3. The molecule has 1 N–H and O–H groups in total. The van der Waals surface area contributed by atoms with Gasteiger partial charge in [0.25, 0.3) is 0 Å². The molecule has 0 bridgehead atoms. The van der Waals surface area contributed by atoms with Crippen molar-refractivity contribution in [1.29, 1.82) is 5.26 Å². The van der Waals surface area contributed by atoms with Crippen LogP contribution in [0.1, 0.15) is 5.56 Å². The van der Waals surface area contributed by atoms with Crippen molar-refractivity contribution in [1.82, 2.24) is 0 Å². The molecule has 0 amide bonds. The second-order valence-corrected chi connectivity index (χ2v) is 11.1. The van der Waals surface area contributed by atoms with Crippen molar-refractivity contribution in [2.75, 3.05) is 5.32 Å². The molecule has 3 aromatic carbocycles. The maximum atomic E-state index is 13.3. The van der Waals surface area contributed by atoms with E-state index in [-0.39, 0.29) is 21.0 Å². The molecule has 0 atom stereocenters. The Morgan fingerprint density at radius 1 is 0.774 bits per heavy atom. The summed E-state index contributed by atoms with van der Waals surface area (Å²) in [4.78, 5) is -0.507. The Labute approximate surface area is 190 Å². The van der Waals surface area contributed by atoms with Gasteiger partial charge in [0.05, 0.1) is 21.0 Å². The lowest BCUT2D eigenvalue weighted by atomic mass is 10.2. The van der Waals surface area contributed by atoms with Gasteiger partial charge in [-0.3, -0.25) is 0 Å². The predicted octanol–water partition coefficient (Wildman–Crippen LogP) is 5.02. The van der Waals surface area contributed by atoms with Crippen molar-refractivity contribution in [2.45, 2.75) is 9.79 Å². The summed E-state index contributed by atoms with van der Waals surface area (Å²) in [7, 11) is -8.97. The van der Waals surface area contributed by atoms with Gasteiger partial charge < -0.3 is 5.32 Å². The van der Waals surface area contributed by atoms with E-state index in [1.165, 1.54) is 60.7 Å². The van der Waals surface area contributed by atoms with E-state index in [9.17, 15) is 22.1 Å². The molecule has 0 radical (unpaired) electrons. The van der Waals surface area contributed by atoms with Crippen LogP contribution in [0, 0.1) is 11.3 Å². The van der Waals surface area contributed by atoms with Crippen LogP contribution < -0.4 is 5.32 Å². The molecule has 0 aliphatic carbocycles. The Balaban J connectivity index is 2.19. The molecule has 3 aromatic rings. The SMILES string of the molecule is N#Cc1ccccc1NC=C(S(=O)(=O)c1ccc(Cl)cc1)S(=O)(=O)c1ccc(Cl)cc1. The molecule has 10 heteroatoms. The first-order valence-electron chi connectivity index (χ1n) is 8.63. The van der Waals surface area contributed by atoms with Gasteiger partial charge >= 0.3 is 0 Å². The molecule has 0 aliphatic rings. The molecule has 3 rings (SSSR count). The fraction of sp³-hybridized carbons (Fsp3) is 0. The lowest BCUT2D eigenvalue weighted by molar-refractivity contribution is 0.595. The topological polar surface area (TPSA) is 104 Å². The number of hydrogen-bond acceptors (Lipinski definition) is 6. The van der Waals surface area contributed by atoms with Crippen LogP contribution in [-0.4, -0.2) is 16.8 Å². The molecule has 0 unspecified atom stereocenters. The van der Waals surface area contributed by atoms with Gasteiger partial charge in [0, 0.05) is 16.2 Å². The summed E-state index contributed by atoms with van der Waals surface area (Å²) in [6, 6.07) is 18.5. The molecule has 0 aromatic heterocycles. The van der Waals surface area contributed by atoms with E-state index in [0.29, 0.717) is 10.0 Å². The van der Waals surface area contributed by atoms with E-state index in [4.69, 9.17) is 23.2 Å². The van der Waals surface area contributed by atoms with Crippen LogP contribution in [-0.2, 0) is 19.7 Å². The lowest BCUT2D eigenvalue weighted by Crippen LogP contribution is -2.16. The zero-order chi connectivity index (χ0) is 22.6. The number of nitriles is 1. The molecule has 0 saturated carbocycles. The minimum absolute atomic E-state index is 0.214. The Morgan fingerprint density at radius 3 is 1.68 bits per heavy atom. The third kappa shape index (κ3) is 4.92. The highest BCUT2D eigenvalue weighted by molar-refractivity contribution is 8.14. The van der Waals surface area contributed by atoms with Gasteiger partial charge in [-0.2, -0.15) is 5.26 Å². The van der Waals surface area contributed by atoms with Crippen molar-refractivity contribution >= 4 is 48.6 Å². The molecule has 31 heavy (non-hydrogen) atoms. The first kappa shape index (κ1) is 22.8. The highest BCUT2D eigenvalue weighted by Crippen LogP contribution is 2.30. The van der Waals surface area contributed by atoms with Crippen molar-refractivity contribution in [3.63, 3.8) is 0 Å². The second kappa shape index (κ2) is 9.12. The first-order valence-corrected chi connectivity index (χ1v) is 12.4. The Bertz CT molecular complexity index is 1320. The number of hydrogen-bond donors (Lipinski definition) is 1. The quantitative estimate of drug-likeness (QED) is 0.517. The number of para-hydroxylation sites is 1. The molecule has 0 spiro atoms. The molecule has 0 aliphatic heterocycles. The van der Waals surface area contributed by atoms with E-state index >= 15 is 0 Å². The first-order chi connectivity index (χ1) is 14.7. The highest BCUT2D eigenvalue weighted by atomic mass is 35.5. The highest BCUT2D eigenvalue weighted by Gasteiger charge is 2.34. The van der Waals surface area contributed by atoms with Gasteiger partial charge in [-0.1, -0.05) is 35.3 Å². The van der Waals surface area contributed by atoms with Gasteiger partial charge in [0.1, 0.15) is 6.07 Å². The van der Waals surface area contributed by atoms with Crippen molar-refractivity contribution in [3.05, 3.63) is 98.8 Å². The van der Waals surface area contributed by atoms with Gasteiger partial charge in [-0.05, 0) is 60.7 Å². The van der Waals surface area contributed by atoms with E-state index in [0.717, 1.165) is 6.20 Å². The van der Waals surface area contributed by atoms with Gasteiger partial charge in [-0.25, -0.2) is 16.8 Å². The molecular weight excluding hydrogens is 479 g/mol. The smallest absolute Gasteiger partial charge is 0.219 e. The van der Waals surface area contributed by atoms with Gasteiger partial charge in [0.2, 0.25) is 19.7 Å². The van der Waals surface area contributed by atoms with E-state index in [2.05, 4.69) is 5.32 Å². The zero-order valence-electron chi connectivity index (χ0n) is 15.7. The van der Waals surface area contributed by atoms with Crippen LogP contribution in [0.5, 0.6) is 0 Å². The molecule has 0 saturated heterocycles. The van der Waals surface area contributed by atoms with Crippen LogP contribution in [0.4, 0.5) is 5.69 Å². The average Bonchev–Trinajstić information content (AvgIpc) is 2.74. The molecule has 158 valence electrons. The number of rotatable bonds is 6. The number of sulfone groups is 2. The maximum Gasteiger partial charge on any atom is 0.219 e. The van der Waals surface area contributed by atoms with Crippen LogP contribution in [0.15, 0.2) is 93.0 Å². The van der Waals surface area contributed by atoms with Crippen LogP contribution in [0.2, 0.25) is 10.0 Å². The summed E-state index contributed by atoms with van der Waals surface area (Å²) < 4.78 is 52.2. The minimum Gasteiger partial charge on any atom is -0.359 e. The summed E-state index contributed by atoms with van der Waals surface area (Å²) in [5.74, 6) is 0. The van der Waals surface area contributed by atoms with Gasteiger partial charge in [0.15, 0.2) is 4.24 Å². The van der Waals surface area contributed by atoms with Gasteiger partial charge in [-0.15, -0.1) is 0 Å². The monoisotopic (exact) mass is 492 g/mol. The van der Waals surface area contributed by atoms with E-state index in [1.54, 1.807) is 12.1 Å². The number of nitrogens with zero attached hydrogens (tertiary/aromatic N) is 1. The zero-order valence-corrected chi connectivity index (χ0v) is 18.8. The summed E-state index contributed by atoms with van der Waals surface area (Å²) in [5, 5.41) is 12.5. The third-order valence-corrected chi connectivity index (χ3v) is 9.07. The van der Waals surface area contributed by atoms with Crippen LogP contribution in [0.3, 0.4) is 0 Å². The summed E-state index contributed by atoms with van der Waals surface area (Å²) in [6.45, 7) is 0. The largest absolute Gasteiger partial charge is 0.359 e. The third-order valence-electron chi connectivity index (χ3n) is 4.17. The normalized spacial score (nSPS) is 11.4. The fourth-order valence-electron chi connectivity index (χ4n) is 2.60. The Hall–Kier alpha value is -2.83. The lowest BCUT2D eigenvalue weighted by Gasteiger charge is -2.12. The predicted molar refractivity (Wildman–Crippen MR) is 120 cm³/mol. The van der Waals surface area contributed by atoms with Crippen LogP contribution >= 0.6 is 23.2 Å². The summed E-state index contributed by atoms with van der Waals surface area (Å²) in [5.41, 5.74) is 0.464.